The van der Waals surface area contributed by atoms with E-state index in [-0.39, 0.29) is 17.8 Å². The zero-order valence-electron chi connectivity index (χ0n) is 14.2. The number of aromatic nitrogens is 1. The summed E-state index contributed by atoms with van der Waals surface area (Å²) < 4.78 is 13.1. The van der Waals surface area contributed by atoms with E-state index in [2.05, 4.69) is 22.4 Å². The summed E-state index contributed by atoms with van der Waals surface area (Å²) in [7, 11) is 0. The van der Waals surface area contributed by atoms with Gasteiger partial charge in [0.1, 0.15) is 15.7 Å². The summed E-state index contributed by atoms with van der Waals surface area (Å²) in [6.45, 7) is 1.84. The molecule has 6 heteroatoms. The monoisotopic (exact) mass is 384 g/mol. The van der Waals surface area contributed by atoms with Gasteiger partial charge in [-0.1, -0.05) is 18.2 Å². The van der Waals surface area contributed by atoms with Gasteiger partial charge in [-0.3, -0.25) is 4.79 Å². The Kier molecular flexibility index (Phi) is 4.78. The van der Waals surface area contributed by atoms with Gasteiger partial charge in [-0.15, -0.1) is 23.1 Å². The summed E-state index contributed by atoms with van der Waals surface area (Å²) in [5.74, 6) is 0.610. The largest absolute Gasteiger partial charge is 0.344 e. The first kappa shape index (κ1) is 17.2. The molecule has 3 aromatic rings. The third-order valence-electron chi connectivity index (χ3n) is 4.36. The minimum absolute atomic E-state index is 0.0238. The fourth-order valence-electron chi connectivity index (χ4n) is 3.04. The third kappa shape index (κ3) is 3.39. The van der Waals surface area contributed by atoms with Crippen molar-refractivity contribution in [3.63, 3.8) is 0 Å². The number of thioether (sulfide) groups is 1. The highest BCUT2D eigenvalue weighted by Crippen LogP contribution is 2.36. The number of thiazole rings is 1. The number of nitrogens with zero attached hydrogens (tertiary/aromatic N) is 1. The normalized spacial score (nSPS) is 16.2. The number of rotatable bonds is 3. The Morgan fingerprint density at radius 3 is 2.77 bits per heavy atom. The molecule has 0 saturated carbocycles. The van der Waals surface area contributed by atoms with E-state index in [0.29, 0.717) is 10.6 Å². The number of carbonyl (C=O) groups is 1. The van der Waals surface area contributed by atoms with Crippen molar-refractivity contribution in [2.45, 2.75) is 24.3 Å². The molecule has 1 amide bonds. The fourth-order valence-corrected chi connectivity index (χ4v) is 5.14. The van der Waals surface area contributed by atoms with E-state index in [4.69, 9.17) is 0 Å². The number of carbonyl (C=O) groups excluding carboxylic acids is 1. The quantitative estimate of drug-likeness (QED) is 0.673. The van der Waals surface area contributed by atoms with Crippen LogP contribution in [0.5, 0.6) is 0 Å². The number of hydrogen-bond donors (Lipinski definition) is 1. The molecule has 1 aliphatic heterocycles. The van der Waals surface area contributed by atoms with E-state index in [0.717, 1.165) is 22.7 Å². The summed E-state index contributed by atoms with van der Waals surface area (Å²) in [4.78, 5) is 19.2. The molecule has 4 rings (SSSR count). The highest BCUT2D eigenvalue weighted by molar-refractivity contribution is 7.99. The molecule has 1 aliphatic rings. The lowest BCUT2D eigenvalue weighted by atomic mass is 10.0. The van der Waals surface area contributed by atoms with Crippen LogP contribution in [-0.2, 0) is 0 Å². The van der Waals surface area contributed by atoms with Gasteiger partial charge in [0.05, 0.1) is 11.7 Å². The van der Waals surface area contributed by atoms with E-state index < -0.39 is 0 Å². The third-order valence-corrected chi connectivity index (χ3v) is 6.69. The first-order valence-electron chi connectivity index (χ1n) is 8.38. The lowest BCUT2D eigenvalue weighted by Crippen LogP contribution is -2.30. The predicted octanol–water partition coefficient (Wildman–Crippen LogP) is 5.22. The van der Waals surface area contributed by atoms with Crippen LogP contribution in [0.15, 0.2) is 53.4 Å². The van der Waals surface area contributed by atoms with Gasteiger partial charge in [-0.25, -0.2) is 9.37 Å². The molecule has 0 aliphatic carbocycles. The molecule has 0 fully saturated rings. The Labute approximate surface area is 159 Å². The average molecular weight is 385 g/mol. The van der Waals surface area contributed by atoms with Gasteiger partial charge in [0.15, 0.2) is 0 Å². The van der Waals surface area contributed by atoms with Crippen molar-refractivity contribution >= 4 is 29.0 Å². The van der Waals surface area contributed by atoms with Crippen molar-refractivity contribution in [1.29, 1.82) is 0 Å². The van der Waals surface area contributed by atoms with E-state index in [1.54, 1.807) is 12.1 Å². The van der Waals surface area contributed by atoms with Gasteiger partial charge < -0.3 is 5.32 Å². The van der Waals surface area contributed by atoms with E-state index in [9.17, 15) is 9.18 Å². The summed E-state index contributed by atoms with van der Waals surface area (Å²) in [6, 6.07) is 14.4. The molecule has 0 radical (unpaired) electrons. The Morgan fingerprint density at radius 2 is 1.96 bits per heavy atom. The molecule has 1 N–H and O–H groups in total. The van der Waals surface area contributed by atoms with Gasteiger partial charge in [0.2, 0.25) is 0 Å². The van der Waals surface area contributed by atoms with E-state index in [1.165, 1.54) is 33.9 Å². The number of nitrogens with one attached hydrogen (secondary N) is 1. The zero-order chi connectivity index (χ0) is 18.1. The molecule has 0 saturated heterocycles. The molecule has 0 spiro atoms. The van der Waals surface area contributed by atoms with Crippen molar-refractivity contribution < 1.29 is 9.18 Å². The van der Waals surface area contributed by atoms with Gasteiger partial charge in [-0.05, 0) is 49.2 Å². The Bertz CT molecular complexity index is 953. The van der Waals surface area contributed by atoms with Crippen LogP contribution in [0, 0.1) is 12.7 Å². The minimum Gasteiger partial charge on any atom is -0.344 e. The van der Waals surface area contributed by atoms with Crippen LogP contribution >= 0.6 is 23.1 Å². The number of fused-ring (bicyclic) bond motifs is 1. The topological polar surface area (TPSA) is 42.0 Å². The molecule has 26 heavy (non-hydrogen) atoms. The van der Waals surface area contributed by atoms with Crippen molar-refractivity contribution in [2.24, 2.45) is 0 Å². The Hall–Kier alpha value is -2.18. The molecule has 1 aromatic heterocycles. The number of amides is 1. The molecular weight excluding hydrogens is 367 g/mol. The van der Waals surface area contributed by atoms with Crippen LogP contribution in [0.25, 0.3) is 10.6 Å². The second-order valence-electron chi connectivity index (χ2n) is 6.14. The van der Waals surface area contributed by atoms with Crippen molar-refractivity contribution in [2.75, 3.05) is 5.75 Å². The highest BCUT2D eigenvalue weighted by atomic mass is 32.2. The van der Waals surface area contributed by atoms with Gasteiger partial charge in [-0.2, -0.15) is 0 Å². The summed E-state index contributed by atoms with van der Waals surface area (Å²) in [5, 5.41) is 3.89. The van der Waals surface area contributed by atoms with Crippen LogP contribution in [0.3, 0.4) is 0 Å². The van der Waals surface area contributed by atoms with Gasteiger partial charge in [0.25, 0.3) is 5.91 Å². The minimum atomic E-state index is -0.283. The number of hydrogen-bond acceptors (Lipinski definition) is 4. The number of benzene rings is 2. The van der Waals surface area contributed by atoms with Crippen LogP contribution < -0.4 is 5.32 Å². The van der Waals surface area contributed by atoms with Crippen LogP contribution in [0.2, 0.25) is 0 Å². The predicted molar refractivity (Wildman–Crippen MR) is 104 cm³/mol. The van der Waals surface area contributed by atoms with Crippen LogP contribution in [-0.4, -0.2) is 16.6 Å². The SMILES string of the molecule is Cc1nc(-c2ccc(F)cc2)sc1C(=O)NC1CCSc2ccccc21. The second-order valence-corrected chi connectivity index (χ2v) is 8.28. The standard InChI is InChI=1S/C20H17FN2OS2/c1-12-18(26-20(22-12)13-6-8-14(21)9-7-13)19(24)23-16-10-11-25-17-5-3-2-4-15(16)17/h2-9,16H,10-11H2,1H3,(H,23,24). The average Bonchev–Trinajstić information content (AvgIpc) is 3.04. The van der Waals surface area contributed by atoms with Crippen LogP contribution in [0.1, 0.15) is 33.4 Å². The number of aryl methyl sites for hydroxylation is 1. The molecule has 1 atom stereocenters. The Balaban J connectivity index is 1.57. The van der Waals surface area contributed by atoms with Gasteiger partial charge >= 0.3 is 0 Å². The summed E-state index contributed by atoms with van der Waals surface area (Å²) >= 11 is 3.17. The van der Waals surface area contributed by atoms with Crippen molar-refractivity contribution in [3.8, 4) is 10.6 Å². The number of halogens is 1. The highest BCUT2D eigenvalue weighted by Gasteiger charge is 2.24. The molecule has 1 unspecified atom stereocenters. The molecule has 3 nitrogen and oxygen atoms in total. The maximum atomic E-state index is 13.1. The molecule has 2 heterocycles. The molecule has 0 bridgehead atoms. The molecule has 132 valence electrons. The lowest BCUT2D eigenvalue weighted by molar-refractivity contribution is 0.0938. The zero-order valence-corrected chi connectivity index (χ0v) is 15.8. The smallest absolute Gasteiger partial charge is 0.263 e. The molecular formula is C20H17FN2OS2. The van der Waals surface area contributed by atoms with Crippen LogP contribution in [0.4, 0.5) is 4.39 Å². The first-order valence-corrected chi connectivity index (χ1v) is 10.2. The lowest BCUT2D eigenvalue weighted by Gasteiger charge is -2.25. The summed E-state index contributed by atoms with van der Waals surface area (Å²) in [5.41, 5.74) is 2.70. The Morgan fingerprint density at radius 1 is 1.19 bits per heavy atom. The first-order chi connectivity index (χ1) is 12.6. The van der Waals surface area contributed by atoms with Crippen molar-refractivity contribution in [1.82, 2.24) is 10.3 Å². The molecule has 2 aromatic carbocycles. The maximum absolute atomic E-state index is 13.1. The van der Waals surface area contributed by atoms with E-state index >= 15 is 0 Å². The maximum Gasteiger partial charge on any atom is 0.263 e. The second kappa shape index (κ2) is 7.21. The fraction of sp³-hybridized carbons (Fsp3) is 0.200. The van der Waals surface area contributed by atoms with Crippen molar-refractivity contribution in [3.05, 3.63) is 70.5 Å². The van der Waals surface area contributed by atoms with Gasteiger partial charge in [0, 0.05) is 16.2 Å². The van der Waals surface area contributed by atoms with E-state index in [1.807, 2.05) is 30.8 Å². The summed E-state index contributed by atoms with van der Waals surface area (Å²) in [6.07, 6.45) is 0.913.